The fraction of sp³-hybridized carbons (Fsp3) is 0.333. The number of imide groups is 1. The first-order valence-corrected chi connectivity index (χ1v) is 13.1. The number of benzene rings is 2. The van der Waals surface area contributed by atoms with Gasteiger partial charge in [0.1, 0.15) is 13.2 Å². The molecule has 1 atom stereocenters. The average molecular weight is 554 g/mol. The molecule has 12 heteroatoms. The summed E-state index contributed by atoms with van der Waals surface area (Å²) in [7, 11) is 3.05. The molecule has 0 unspecified atom stereocenters. The number of fused-ring (bicyclic) bond motifs is 1. The number of methoxy groups -OCH3 is 2. The van der Waals surface area contributed by atoms with Crippen LogP contribution in [0.5, 0.6) is 23.0 Å². The first-order chi connectivity index (χ1) is 18.9. The molecule has 0 bridgehead atoms. The van der Waals surface area contributed by atoms with Crippen molar-refractivity contribution in [2.75, 3.05) is 52.0 Å². The molecule has 2 fully saturated rings. The van der Waals surface area contributed by atoms with Crippen molar-refractivity contribution >= 4 is 46.5 Å². The molecule has 11 nitrogen and oxygen atoms in total. The molecule has 5 rings (SSSR count). The van der Waals surface area contributed by atoms with E-state index in [1.807, 2.05) is 0 Å². The van der Waals surface area contributed by atoms with Crippen molar-refractivity contribution in [3.05, 3.63) is 46.9 Å². The molecule has 0 radical (unpaired) electrons. The smallest absolute Gasteiger partial charge is 0.293 e. The fourth-order valence-corrected chi connectivity index (χ4v) is 5.42. The van der Waals surface area contributed by atoms with E-state index < -0.39 is 17.1 Å². The van der Waals surface area contributed by atoms with E-state index >= 15 is 0 Å². The zero-order valence-corrected chi connectivity index (χ0v) is 22.2. The van der Waals surface area contributed by atoms with E-state index in [-0.39, 0.29) is 42.8 Å². The van der Waals surface area contributed by atoms with Gasteiger partial charge in [0.2, 0.25) is 11.8 Å². The van der Waals surface area contributed by atoms with Crippen LogP contribution in [0.15, 0.2) is 41.3 Å². The van der Waals surface area contributed by atoms with E-state index in [4.69, 9.17) is 18.9 Å². The Labute approximate surface area is 229 Å². The lowest BCUT2D eigenvalue weighted by atomic mass is 10.1. The van der Waals surface area contributed by atoms with Crippen LogP contribution in [0, 0.1) is 5.92 Å². The van der Waals surface area contributed by atoms with Gasteiger partial charge in [-0.3, -0.25) is 24.1 Å². The molecule has 0 aromatic heterocycles. The highest BCUT2D eigenvalue weighted by molar-refractivity contribution is 8.18. The van der Waals surface area contributed by atoms with Gasteiger partial charge in [0, 0.05) is 37.8 Å². The van der Waals surface area contributed by atoms with Crippen LogP contribution < -0.4 is 29.2 Å². The summed E-state index contributed by atoms with van der Waals surface area (Å²) in [5.41, 5.74) is 1.32. The first-order valence-electron chi connectivity index (χ1n) is 12.3. The fourth-order valence-electron chi connectivity index (χ4n) is 4.55. The second kappa shape index (κ2) is 11.3. The van der Waals surface area contributed by atoms with Crippen LogP contribution in [0.4, 0.5) is 10.5 Å². The normalized spacial score (nSPS) is 19.6. The van der Waals surface area contributed by atoms with Gasteiger partial charge in [0.25, 0.3) is 11.1 Å². The minimum atomic E-state index is -0.550. The van der Waals surface area contributed by atoms with Crippen LogP contribution in [0.3, 0.4) is 0 Å². The van der Waals surface area contributed by atoms with Gasteiger partial charge in [0.05, 0.1) is 25.0 Å². The van der Waals surface area contributed by atoms with Gasteiger partial charge in [-0.05, 0) is 47.7 Å². The number of hydrogen-bond acceptors (Lipinski definition) is 9. The van der Waals surface area contributed by atoms with Crippen molar-refractivity contribution in [1.82, 2.24) is 10.2 Å². The average Bonchev–Trinajstić information content (AvgIpc) is 3.47. The van der Waals surface area contributed by atoms with Gasteiger partial charge >= 0.3 is 0 Å². The Hall–Kier alpha value is -4.19. The molecule has 204 valence electrons. The number of rotatable bonds is 8. The summed E-state index contributed by atoms with van der Waals surface area (Å²) in [6.45, 7) is 1.23. The zero-order valence-electron chi connectivity index (χ0n) is 21.4. The Morgan fingerprint density at radius 2 is 1.82 bits per heavy atom. The van der Waals surface area contributed by atoms with Gasteiger partial charge < -0.3 is 29.2 Å². The summed E-state index contributed by atoms with van der Waals surface area (Å²) in [5, 5.41) is 2.34. The summed E-state index contributed by atoms with van der Waals surface area (Å²) in [5.74, 6) is 0.784. The number of nitrogens with one attached hydrogen (secondary N) is 1. The Balaban J connectivity index is 1.15. The third-order valence-electron chi connectivity index (χ3n) is 6.55. The third kappa shape index (κ3) is 5.51. The largest absolute Gasteiger partial charge is 0.493 e. The predicted octanol–water partition coefficient (Wildman–Crippen LogP) is 2.68. The lowest BCUT2D eigenvalue weighted by Gasteiger charge is -2.22. The molecular formula is C27H27N3O8S. The summed E-state index contributed by atoms with van der Waals surface area (Å²) in [6, 6.07) is 10.4. The molecule has 2 saturated heterocycles. The predicted molar refractivity (Wildman–Crippen MR) is 143 cm³/mol. The molecule has 0 saturated carbocycles. The molecule has 2 aromatic rings. The highest BCUT2D eigenvalue weighted by Crippen LogP contribution is 2.36. The first kappa shape index (κ1) is 26.4. The Bertz CT molecular complexity index is 1360. The van der Waals surface area contributed by atoms with Crippen molar-refractivity contribution < 1.29 is 38.1 Å². The van der Waals surface area contributed by atoms with Gasteiger partial charge in [-0.1, -0.05) is 6.07 Å². The maximum atomic E-state index is 12.9. The van der Waals surface area contributed by atoms with Crippen LogP contribution in [-0.4, -0.2) is 74.9 Å². The van der Waals surface area contributed by atoms with Gasteiger partial charge in [-0.15, -0.1) is 0 Å². The van der Waals surface area contributed by atoms with E-state index in [0.29, 0.717) is 47.5 Å². The quantitative estimate of drug-likeness (QED) is 0.492. The highest BCUT2D eigenvalue weighted by Gasteiger charge is 2.37. The van der Waals surface area contributed by atoms with Crippen LogP contribution in [0.2, 0.25) is 0 Å². The van der Waals surface area contributed by atoms with E-state index in [1.165, 1.54) is 14.2 Å². The number of carbonyl (C=O) groups excluding carboxylic acids is 4. The number of hydrogen-bond donors (Lipinski definition) is 1. The van der Waals surface area contributed by atoms with Crippen LogP contribution in [0.25, 0.3) is 6.08 Å². The molecule has 3 heterocycles. The van der Waals surface area contributed by atoms with Crippen LogP contribution in [0.1, 0.15) is 12.0 Å². The molecule has 0 aliphatic carbocycles. The van der Waals surface area contributed by atoms with Crippen molar-refractivity contribution in [2.24, 2.45) is 5.92 Å². The second-order valence-electron chi connectivity index (χ2n) is 8.97. The third-order valence-corrected chi connectivity index (χ3v) is 7.45. The van der Waals surface area contributed by atoms with Gasteiger partial charge in [-0.25, -0.2) is 0 Å². The summed E-state index contributed by atoms with van der Waals surface area (Å²) in [6.07, 6.45) is 1.68. The lowest BCUT2D eigenvalue weighted by Crippen LogP contribution is -2.40. The number of nitrogens with zero attached hydrogens (tertiary/aromatic N) is 2. The van der Waals surface area contributed by atoms with E-state index in [0.717, 1.165) is 16.7 Å². The van der Waals surface area contributed by atoms with E-state index in [2.05, 4.69) is 5.32 Å². The van der Waals surface area contributed by atoms with Gasteiger partial charge in [-0.2, -0.15) is 0 Å². The van der Waals surface area contributed by atoms with Gasteiger partial charge in [0.15, 0.2) is 23.0 Å². The zero-order chi connectivity index (χ0) is 27.5. The van der Waals surface area contributed by atoms with Crippen molar-refractivity contribution in [1.29, 1.82) is 0 Å². The maximum absolute atomic E-state index is 12.9. The molecule has 3 aliphatic heterocycles. The number of carbonyl (C=O) groups is 4. The molecule has 2 aromatic carbocycles. The Morgan fingerprint density at radius 3 is 2.59 bits per heavy atom. The van der Waals surface area contributed by atoms with Crippen LogP contribution in [-0.2, 0) is 14.4 Å². The molecule has 0 spiro atoms. The highest BCUT2D eigenvalue weighted by atomic mass is 32.2. The molecule has 39 heavy (non-hydrogen) atoms. The number of thioether (sulfide) groups is 1. The van der Waals surface area contributed by atoms with Crippen molar-refractivity contribution in [3.8, 4) is 23.0 Å². The SMILES string of the molecule is COc1ccc(/C=C2/SC(=O)N(CCNC(=O)[C@@H]3CC(=O)N(c4ccc5c(c4)OCCO5)C3)C2=O)cc1OC. The monoisotopic (exact) mass is 553 g/mol. The summed E-state index contributed by atoms with van der Waals surface area (Å²) in [4.78, 5) is 53.7. The summed E-state index contributed by atoms with van der Waals surface area (Å²) >= 11 is 0.835. The molecule has 1 N–H and O–H groups in total. The van der Waals surface area contributed by atoms with Crippen molar-refractivity contribution in [2.45, 2.75) is 6.42 Å². The Morgan fingerprint density at radius 1 is 1.05 bits per heavy atom. The molecular weight excluding hydrogens is 526 g/mol. The number of anilines is 1. The minimum absolute atomic E-state index is 0.0201. The maximum Gasteiger partial charge on any atom is 0.293 e. The molecule has 4 amide bonds. The van der Waals surface area contributed by atoms with Crippen molar-refractivity contribution in [3.63, 3.8) is 0 Å². The van der Waals surface area contributed by atoms with Crippen LogP contribution >= 0.6 is 11.8 Å². The Kier molecular flexibility index (Phi) is 7.64. The van der Waals surface area contributed by atoms with E-state index in [1.54, 1.807) is 47.4 Å². The minimum Gasteiger partial charge on any atom is -0.493 e. The number of ether oxygens (including phenoxy) is 4. The number of amides is 4. The molecule has 3 aliphatic rings. The summed E-state index contributed by atoms with van der Waals surface area (Å²) < 4.78 is 21.6. The second-order valence-corrected chi connectivity index (χ2v) is 9.97. The standard InChI is InChI=1S/C27H27N3O8S/c1-35-19-5-3-16(11-21(19)36-2)12-23-26(33)29(27(34)39-23)8-7-28-25(32)17-13-24(31)30(15-17)18-4-6-20-22(14-18)38-10-9-37-20/h3-6,11-12,14,17H,7-10,13,15H2,1-2H3,(H,28,32)/b23-12+/t17-/m1/s1. The topological polar surface area (TPSA) is 124 Å². The van der Waals surface area contributed by atoms with E-state index in [9.17, 15) is 19.2 Å². The lowest BCUT2D eigenvalue weighted by molar-refractivity contribution is -0.127.